The fraction of sp³-hybridized carbons (Fsp3) is 0.667. The molecule has 1 saturated heterocycles. The lowest BCUT2D eigenvalue weighted by Gasteiger charge is -2.23. The zero-order chi connectivity index (χ0) is 14.5. The van der Waals surface area contributed by atoms with Crippen LogP contribution in [0.15, 0.2) is 17.3 Å². The van der Waals surface area contributed by atoms with Gasteiger partial charge in [0.25, 0.3) is 0 Å². The van der Waals surface area contributed by atoms with Crippen molar-refractivity contribution in [3.63, 3.8) is 0 Å². The third-order valence-electron chi connectivity index (χ3n) is 4.39. The van der Waals surface area contributed by atoms with Gasteiger partial charge >= 0.3 is 5.97 Å². The molecule has 1 aromatic heterocycles. The van der Waals surface area contributed by atoms with E-state index in [0.29, 0.717) is 6.54 Å². The van der Waals surface area contributed by atoms with Crippen LogP contribution < -0.4 is 0 Å². The van der Waals surface area contributed by atoms with Gasteiger partial charge in [-0.25, -0.2) is 8.42 Å². The van der Waals surface area contributed by atoms with Gasteiger partial charge in [-0.2, -0.15) is 9.40 Å². The van der Waals surface area contributed by atoms with Gasteiger partial charge in [0.2, 0.25) is 10.0 Å². The minimum atomic E-state index is -3.78. The number of nitrogens with zero attached hydrogens (tertiary/aromatic N) is 3. The van der Waals surface area contributed by atoms with E-state index in [9.17, 15) is 18.3 Å². The molecule has 2 aliphatic rings. The molecule has 0 bridgehead atoms. The van der Waals surface area contributed by atoms with E-state index in [4.69, 9.17) is 0 Å². The van der Waals surface area contributed by atoms with Gasteiger partial charge in [0.05, 0.1) is 6.20 Å². The van der Waals surface area contributed by atoms with Crippen LogP contribution in [0.3, 0.4) is 0 Å². The first-order valence-electron chi connectivity index (χ1n) is 6.64. The average Bonchev–Trinajstić information content (AvgIpc) is 3.00. The number of hydrogen-bond acceptors (Lipinski definition) is 4. The molecule has 1 aliphatic heterocycles. The first-order chi connectivity index (χ1) is 9.41. The average molecular weight is 299 g/mol. The summed E-state index contributed by atoms with van der Waals surface area (Å²) in [7, 11) is -2.15. The van der Waals surface area contributed by atoms with Crippen molar-refractivity contribution in [3.05, 3.63) is 12.4 Å². The monoisotopic (exact) mass is 299 g/mol. The predicted molar refractivity (Wildman–Crippen MR) is 69.4 cm³/mol. The molecule has 7 nitrogen and oxygen atoms in total. The Kier molecular flexibility index (Phi) is 3.09. The summed E-state index contributed by atoms with van der Waals surface area (Å²) >= 11 is 0. The van der Waals surface area contributed by atoms with E-state index in [1.54, 1.807) is 7.05 Å². The molecular formula is C12H17N3O4S. The fourth-order valence-electron chi connectivity index (χ4n) is 3.49. The van der Waals surface area contributed by atoms with Gasteiger partial charge in [-0.1, -0.05) is 6.42 Å². The Balaban J connectivity index is 1.98. The number of hydrogen-bond donors (Lipinski definition) is 1. The van der Waals surface area contributed by atoms with Gasteiger partial charge in [-0.3, -0.25) is 9.48 Å². The topological polar surface area (TPSA) is 92.5 Å². The molecule has 0 aromatic carbocycles. The highest BCUT2D eigenvalue weighted by Crippen LogP contribution is 2.44. The molecule has 20 heavy (non-hydrogen) atoms. The van der Waals surface area contributed by atoms with E-state index >= 15 is 0 Å². The van der Waals surface area contributed by atoms with E-state index < -0.39 is 22.0 Å². The molecule has 0 spiro atoms. The molecule has 3 atom stereocenters. The van der Waals surface area contributed by atoms with E-state index in [1.165, 1.54) is 17.1 Å². The summed E-state index contributed by atoms with van der Waals surface area (Å²) in [6.07, 6.45) is 5.36. The normalized spacial score (nSPS) is 30.6. The summed E-state index contributed by atoms with van der Waals surface area (Å²) < 4.78 is 27.8. The Morgan fingerprint density at radius 1 is 1.45 bits per heavy atom. The summed E-state index contributed by atoms with van der Waals surface area (Å²) in [5.74, 6) is -0.937. The molecule has 1 aromatic rings. The minimum absolute atomic E-state index is 0.0565. The van der Waals surface area contributed by atoms with Crippen LogP contribution in [0.1, 0.15) is 19.3 Å². The molecular weight excluding hydrogens is 282 g/mol. The Bertz CT molecular complexity index is 639. The molecule has 2 heterocycles. The number of carboxylic acids is 1. The summed E-state index contributed by atoms with van der Waals surface area (Å²) in [6.45, 7) is 0.304. The van der Waals surface area contributed by atoms with E-state index in [1.807, 2.05) is 0 Å². The number of carbonyl (C=O) groups is 1. The van der Waals surface area contributed by atoms with Crippen molar-refractivity contribution in [3.8, 4) is 0 Å². The first-order valence-corrected chi connectivity index (χ1v) is 8.08. The van der Waals surface area contributed by atoms with Crippen molar-refractivity contribution in [2.75, 3.05) is 6.54 Å². The zero-order valence-electron chi connectivity index (χ0n) is 11.1. The molecule has 0 radical (unpaired) electrons. The molecule has 1 aliphatic carbocycles. The molecule has 1 saturated carbocycles. The Hall–Kier alpha value is -1.41. The van der Waals surface area contributed by atoms with Crippen molar-refractivity contribution >= 4 is 16.0 Å². The summed E-state index contributed by atoms with van der Waals surface area (Å²) in [4.78, 5) is 11.6. The molecule has 3 rings (SSSR count). The van der Waals surface area contributed by atoms with Crippen LogP contribution in [0.2, 0.25) is 0 Å². The van der Waals surface area contributed by atoms with Crippen molar-refractivity contribution < 1.29 is 18.3 Å². The van der Waals surface area contributed by atoms with Crippen molar-refractivity contribution in [2.24, 2.45) is 18.9 Å². The molecule has 2 fully saturated rings. The maximum absolute atomic E-state index is 12.6. The fourth-order valence-corrected chi connectivity index (χ4v) is 5.16. The number of aryl methyl sites for hydroxylation is 1. The molecule has 110 valence electrons. The van der Waals surface area contributed by atoms with Gasteiger partial charge < -0.3 is 5.11 Å². The highest BCUT2D eigenvalue weighted by Gasteiger charge is 2.52. The predicted octanol–water partition coefficient (Wildman–Crippen LogP) is 0.294. The summed E-state index contributed by atoms with van der Waals surface area (Å²) in [5.41, 5.74) is 0. The maximum atomic E-state index is 12.6. The number of aromatic nitrogens is 2. The number of fused-ring (bicyclic) bond motifs is 1. The second kappa shape index (κ2) is 4.56. The number of aliphatic carboxylic acids is 1. The zero-order valence-corrected chi connectivity index (χ0v) is 12.0. The van der Waals surface area contributed by atoms with Crippen LogP contribution in [0.5, 0.6) is 0 Å². The quantitative estimate of drug-likeness (QED) is 0.866. The molecule has 1 N–H and O–H groups in total. The van der Waals surface area contributed by atoms with Crippen LogP contribution in [-0.2, 0) is 21.9 Å². The summed E-state index contributed by atoms with van der Waals surface area (Å²) in [5, 5.41) is 13.3. The second-order valence-electron chi connectivity index (χ2n) is 5.56. The maximum Gasteiger partial charge on any atom is 0.322 e. The number of sulfonamides is 1. The van der Waals surface area contributed by atoms with Crippen LogP contribution in [-0.4, -0.2) is 46.2 Å². The number of carboxylic acid groups (broad SMARTS) is 1. The van der Waals surface area contributed by atoms with E-state index in [-0.39, 0.29) is 16.7 Å². The van der Waals surface area contributed by atoms with Crippen LogP contribution in [0, 0.1) is 11.8 Å². The molecule has 8 heteroatoms. The van der Waals surface area contributed by atoms with Gasteiger partial charge in [-0.15, -0.1) is 0 Å². The highest BCUT2D eigenvalue weighted by atomic mass is 32.2. The lowest BCUT2D eigenvalue weighted by atomic mass is 9.94. The van der Waals surface area contributed by atoms with Crippen molar-refractivity contribution in [2.45, 2.75) is 30.2 Å². The number of rotatable bonds is 3. The molecule has 0 amide bonds. The van der Waals surface area contributed by atoms with Crippen LogP contribution >= 0.6 is 0 Å². The van der Waals surface area contributed by atoms with Gasteiger partial charge in [0, 0.05) is 19.8 Å². The van der Waals surface area contributed by atoms with E-state index in [0.717, 1.165) is 23.6 Å². The Labute approximate surface area is 117 Å². The largest absolute Gasteiger partial charge is 0.480 e. The van der Waals surface area contributed by atoms with Gasteiger partial charge in [0.15, 0.2) is 0 Å². The van der Waals surface area contributed by atoms with Gasteiger partial charge in [0.1, 0.15) is 10.9 Å². The third kappa shape index (κ3) is 1.94. The SMILES string of the molecule is Cn1cc(S(=O)(=O)N2CC3CCCC3C2C(=O)O)cn1. The van der Waals surface area contributed by atoms with Crippen molar-refractivity contribution in [1.82, 2.24) is 14.1 Å². The second-order valence-corrected chi connectivity index (χ2v) is 7.45. The smallest absolute Gasteiger partial charge is 0.322 e. The Morgan fingerprint density at radius 3 is 2.80 bits per heavy atom. The third-order valence-corrected chi connectivity index (χ3v) is 6.19. The first kappa shape index (κ1) is 13.6. The Morgan fingerprint density at radius 2 is 2.20 bits per heavy atom. The highest BCUT2D eigenvalue weighted by molar-refractivity contribution is 7.89. The lowest BCUT2D eigenvalue weighted by Crippen LogP contribution is -2.43. The molecule has 3 unspecified atom stereocenters. The lowest BCUT2D eigenvalue weighted by molar-refractivity contribution is -0.142. The van der Waals surface area contributed by atoms with Gasteiger partial charge in [-0.05, 0) is 24.7 Å². The summed E-state index contributed by atoms with van der Waals surface area (Å²) in [6, 6.07) is -0.937. The van der Waals surface area contributed by atoms with Crippen molar-refractivity contribution in [1.29, 1.82) is 0 Å². The minimum Gasteiger partial charge on any atom is -0.480 e. The van der Waals surface area contributed by atoms with Crippen LogP contribution in [0.25, 0.3) is 0 Å². The van der Waals surface area contributed by atoms with E-state index in [2.05, 4.69) is 5.10 Å². The standard InChI is InChI=1S/C12H17N3O4S/c1-14-7-9(5-13-14)20(18,19)15-6-8-3-2-4-10(8)11(15)12(16)17/h5,7-8,10-11H,2-4,6H2,1H3,(H,16,17). The van der Waals surface area contributed by atoms with Crippen LogP contribution in [0.4, 0.5) is 0 Å².